The summed E-state index contributed by atoms with van der Waals surface area (Å²) < 4.78 is 13.1. The minimum absolute atomic E-state index is 0.0282. The highest BCUT2D eigenvalue weighted by molar-refractivity contribution is 7.99. The van der Waals surface area contributed by atoms with E-state index in [1.165, 1.54) is 23.9 Å². The maximum absolute atomic E-state index is 13.1. The number of hydrogen-bond acceptors (Lipinski definition) is 4. The monoisotopic (exact) mass is 251 g/mol. The van der Waals surface area contributed by atoms with Crippen molar-refractivity contribution in [1.82, 2.24) is 0 Å². The molecule has 0 aliphatic carbocycles. The van der Waals surface area contributed by atoms with Gasteiger partial charge in [0.2, 0.25) is 0 Å². The first-order valence-corrected chi connectivity index (χ1v) is 5.57. The molecule has 84 valence electrons. The Morgan fingerprint density at radius 2 is 2.20 bits per heavy atom. The first-order chi connectivity index (χ1) is 7.04. The molecule has 0 aromatic heterocycles. The van der Waals surface area contributed by atoms with Crippen LogP contribution in [-0.2, 0) is 0 Å². The van der Waals surface area contributed by atoms with Crippen molar-refractivity contribution in [3.05, 3.63) is 23.0 Å². The summed E-state index contributed by atoms with van der Waals surface area (Å²) in [6, 6.07) is 2.54. The number of thioether (sulfide) groups is 1. The predicted octanol–water partition coefficient (Wildman–Crippen LogP) is 1.51. The van der Waals surface area contributed by atoms with Gasteiger partial charge in [-0.2, -0.15) is 0 Å². The number of anilines is 1. The summed E-state index contributed by atoms with van der Waals surface area (Å²) in [4.78, 5) is 0.504. The molecular weight excluding hydrogens is 241 g/mol. The quantitative estimate of drug-likeness (QED) is 0.561. The van der Waals surface area contributed by atoms with Gasteiger partial charge in [-0.25, -0.2) is 4.39 Å². The minimum atomic E-state index is -0.840. The van der Waals surface area contributed by atoms with E-state index in [1.54, 1.807) is 0 Å². The molecule has 0 saturated carbocycles. The fourth-order valence-corrected chi connectivity index (χ4v) is 1.97. The molecule has 0 saturated heterocycles. The van der Waals surface area contributed by atoms with Crippen LogP contribution in [0.5, 0.6) is 0 Å². The predicted molar refractivity (Wildman–Crippen MR) is 59.6 cm³/mol. The molecule has 0 radical (unpaired) electrons. The van der Waals surface area contributed by atoms with Crippen LogP contribution in [0.25, 0.3) is 0 Å². The molecule has 1 unspecified atom stereocenters. The topological polar surface area (TPSA) is 66.5 Å². The zero-order chi connectivity index (χ0) is 11.4. The summed E-state index contributed by atoms with van der Waals surface area (Å²) in [5.41, 5.74) is 5.96. The second kappa shape index (κ2) is 5.55. The number of aliphatic hydroxyl groups is 2. The molecule has 0 amide bonds. The second-order valence-electron chi connectivity index (χ2n) is 2.95. The Morgan fingerprint density at radius 3 is 2.80 bits per heavy atom. The van der Waals surface area contributed by atoms with Crippen LogP contribution in [0.1, 0.15) is 0 Å². The minimum Gasteiger partial charge on any atom is -0.398 e. The molecule has 0 fully saturated rings. The van der Waals surface area contributed by atoms with Gasteiger partial charge in [-0.3, -0.25) is 0 Å². The van der Waals surface area contributed by atoms with E-state index in [1.807, 2.05) is 0 Å². The Morgan fingerprint density at radius 1 is 1.53 bits per heavy atom. The van der Waals surface area contributed by atoms with E-state index in [9.17, 15) is 4.39 Å². The Labute approximate surface area is 96.0 Å². The third-order valence-corrected chi connectivity index (χ3v) is 3.20. The lowest BCUT2D eigenvalue weighted by molar-refractivity contribution is 0.113. The second-order valence-corrected chi connectivity index (χ2v) is 4.42. The highest BCUT2D eigenvalue weighted by Gasteiger charge is 2.09. The maximum Gasteiger partial charge on any atom is 0.143 e. The van der Waals surface area contributed by atoms with Gasteiger partial charge in [-0.1, -0.05) is 11.6 Å². The lowest BCUT2D eigenvalue weighted by atomic mass is 10.3. The molecule has 0 bridgehead atoms. The van der Waals surface area contributed by atoms with Crippen molar-refractivity contribution in [2.75, 3.05) is 18.1 Å². The van der Waals surface area contributed by atoms with Crippen LogP contribution in [0.15, 0.2) is 17.0 Å². The molecule has 4 N–H and O–H groups in total. The van der Waals surface area contributed by atoms with Crippen molar-refractivity contribution in [2.45, 2.75) is 11.0 Å². The smallest absolute Gasteiger partial charge is 0.143 e. The van der Waals surface area contributed by atoms with Gasteiger partial charge in [0.1, 0.15) is 5.82 Å². The summed E-state index contributed by atoms with van der Waals surface area (Å²) >= 11 is 6.69. The van der Waals surface area contributed by atoms with Crippen LogP contribution in [0.4, 0.5) is 10.1 Å². The highest BCUT2D eigenvalue weighted by atomic mass is 35.5. The number of nitrogens with two attached hydrogens (primary N) is 1. The highest BCUT2D eigenvalue weighted by Crippen LogP contribution is 2.30. The van der Waals surface area contributed by atoms with E-state index < -0.39 is 11.9 Å². The largest absolute Gasteiger partial charge is 0.398 e. The van der Waals surface area contributed by atoms with Crippen LogP contribution in [0, 0.1) is 5.82 Å². The van der Waals surface area contributed by atoms with Gasteiger partial charge in [0.25, 0.3) is 0 Å². The molecule has 15 heavy (non-hydrogen) atoms. The van der Waals surface area contributed by atoms with Crippen molar-refractivity contribution in [3.8, 4) is 0 Å². The van der Waals surface area contributed by atoms with Gasteiger partial charge in [-0.15, -0.1) is 11.8 Å². The van der Waals surface area contributed by atoms with E-state index in [0.717, 1.165) is 0 Å². The lowest BCUT2D eigenvalue weighted by Gasteiger charge is -2.09. The van der Waals surface area contributed by atoms with Crippen molar-refractivity contribution in [2.24, 2.45) is 0 Å². The molecule has 0 aliphatic heterocycles. The van der Waals surface area contributed by atoms with Crippen molar-refractivity contribution >= 4 is 29.1 Å². The Balaban J connectivity index is 2.73. The number of hydrogen-bond donors (Lipinski definition) is 3. The zero-order valence-corrected chi connectivity index (χ0v) is 9.35. The van der Waals surface area contributed by atoms with Crippen molar-refractivity contribution in [3.63, 3.8) is 0 Å². The first kappa shape index (κ1) is 12.6. The van der Waals surface area contributed by atoms with E-state index >= 15 is 0 Å². The number of aliphatic hydroxyl groups excluding tert-OH is 2. The number of nitrogen functional groups attached to an aromatic ring is 1. The molecule has 1 atom stereocenters. The third kappa shape index (κ3) is 3.53. The van der Waals surface area contributed by atoms with Crippen LogP contribution in [-0.4, -0.2) is 28.7 Å². The van der Waals surface area contributed by atoms with Gasteiger partial charge in [0.15, 0.2) is 0 Å². The molecule has 1 rings (SSSR count). The Hall–Kier alpha value is -0.490. The third-order valence-electron chi connectivity index (χ3n) is 1.69. The fraction of sp³-hybridized carbons (Fsp3) is 0.333. The average molecular weight is 252 g/mol. The van der Waals surface area contributed by atoms with E-state index in [2.05, 4.69) is 0 Å². The Kier molecular flexibility index (Phi) is 4.66. The van der Waals surface area contributed by atoms with Crippen molar-refractivity contribution < 1.29 is 14.6 Å². The molecule has 1 aromatic carbocycles. The first-order valence-electron chi connectivity index (χ1n) is 4.21. The fourth-order valence-electron chi connectivity index (χ4n) is 0.908. The van der Waals surface area contributed by atoms with Crippen molar-refractivity contribution in [1.29, 1.82) is 0 Å². The number of benzene rings is 1. The molecule has 0 heterocycles. The Bertz CT molecular complexity index is 351. The lowest BCUT2D eigenvalue weighted by Crippen LogP contribution is -2.14. The summed E-state index contributed by atoms with van der Waals surface area (Å²) in [5, 5.41) is 17.7. The SMILES string of the molecule is Nc1cc(Cl)c(F)cc1SCC(O)CO. The van der Waals surface area contributed by atoms with Gasteiger partial charge < -0.3 is 15.9 Å². The average Bonchev–Trinajstić information content (AvgIpc) is 2.21. The number of halogens is 2. The summed E-state index contributed by atoms with van der Waals surface area (Å²) in [5.74, 6) is -0.297. The summed E-state index contributed by atoms with van der Waals surface area (Å²) in [6.45, 7) is -0.330. The molecule has 0 spiro atoms. The zero-order valence-electron chi connectivity index (χ0n) is 7.78. The van der Waals surface area contributed by atoms with Gasteiger partial charge in [0.05, 0.1) is 17.7 Å². The molecule has 6 heteroatoms. The number of rotatable bonds is 4. The summed E-state index contributed by atoms with van der Waals surface area (Å²) in [7, 11) is 0. The van der Waals surface area contributed by atoms with Crippen LogP contribution in [0.3, 0.4) is 0 Å². The summed E-state index contributed by atoms with van der Waals surface area (Å²) in [6.07, 6.45) is -0.840. The van der Waals surface area contributed by atoms with Crippen LogP contribution >= 0.6 is 23.4 Å². The van der Waals surface area contributed by atoms with Gasteiger partial charge >= 0.3 is 0 Å². The van der Waals surface area contributed by atoms with Gasteiger partial charge in [0, 0.05) is 16.3 Å². The standard InChI is InChI=1S/C9H11ClFNO2S/c10-6-1-8(12)9(2-7(6)11)15-4-5(14)3-13/h1-2,5,13-14H,3-4,12H2. The molecular formula is C9H11ClFNO2S. The maximum atomic E-state index is 13.1. The molecule has 3 nitrogen and oxygen atoms in total. The van der Waals surface area contributed by atoms with E-state index in [0.29, 0.717) is 10.6 Å². The van der Waals surface area contributed by atoms with E-state index in [-0.39, 0.29) is 17.4 Å². The van der Waals surface area contributed by atoms with Gasteiger partial charge in [-0.05, 0) is 12.1 Å². The van der Waals surface area contributed by atoms with E-state index in [4.69, 9.17) is 27.5 Å². The normalized spacial score (nSPS) is 12.8. The van der Waals surface area contributed by atoms with Crippen LogP contribution in [0.2, 0.25) is 5.02 Å². The molecule has 0 aliphatic rings. The molecule has 1 aromatic rings. The van der Waals surface area contributed by atoms with Crippen LogP contribution < -0.4 is 5.73 Å².